The smallest absolute Gasteiger partial charge is 0.348 e. The average molecular weight is 478 g/mol. The molecule has 0 aliphatic rings. The maximum Gasteiger partial charge on any atom is 0.348 e. The summed E-state index contributed by atoms with van der Waals surface area (Å²) in [6, 6.07) is 13.5. The number of rotatable bonds is 7. The van der Waals surface area contributed by atoms with Crippen LogP contribution in [0.3, 0.4) is 0 Å². The van der Waals surface area contributed by atoms with E-state index >= 15 is 0 Å². The molecule has 8 nitrogen and oxygen atoms in total. The van der Waals surface area contributed by atoms with Crippen molar-refractivity contribution in [3.8, 4) is 17.5 Å². The number of anilines is 1. The van der Waals surface area contributed by atoms with Gasteiger partial charge in [-0.05, 0) is 43.7 Å². The normalized spacial score (nSPS) is 10.7. The number of carbonyl (C=O) groups excluding carboxylic acids is 2. The molecule has 0 spiro atoms. The van der Waals surface area contributed by atoms with Crippen LogP contribution in [0.4, 0.5) is 5.00 Å². The monoisotopic (exact) mass is 477 g/mol. The number of fused-ring (bicyclic) bond motifs is 1. The van der Waals surface area contributed by atoms with Crippen molar-refractivity contribution in [3.05, 3.63) is 58.6 Å². The van der Waals surface area contributed by atoms with Crippen LogP contribution in [-0.2, 0) is 9.53 Å². The highest BCUT2D eigenvalue weighted by molar-refractivity contribution is 8.00. The fourth-order valence-electron chi connectivity index (χ4n) is 3.19. The Labute approximate surface area is 198 Å². The number of H-pyrrole nitrogens is 1. The zero-order valence-electron chi connectivity index (χ0n) is 17.8. The van der Waals surface area contributed by atoms with Gasteiger partial charge in [-0.15, -0.1) is 11.3 Å². The molecule has 33 heavy (non-hydrogen) atoms. The standard InChI is InChI=1S/C23H19N5O3S2/c1-3-31-23(30)19-13(2)15(11-24)22(33-19)28-18(29)12-32-21-14(7-6-10-25-21)20-26-16-8-4-5-9-17(16)27-20/h4-10H,3,12H2,1-2H3,(H,26,27)(H,28,29). The number of aromatic amines is 1. The summed E-state index contributed by atoms with van der Waals surface area (Å²) in [5, 5.41) is 13.2. The number of aromatic nitrogens is 3. The van der Waals surface area contributed by atoms with E-state index in [9.17, 15) is 14.9 Å². The Kier molecular flexibility index (Phi) is 6.72. The largest absolute Gasteiger partial charge is 0.462 e. The van der Waals surface area contributed by atoms with Crippen LogP contribution < -0.4 is 5.32 Å². The zero-order valence-corrected chi connectivity index (χ0v) is 19.5. The van der Waals surface area contributed by atoms with Crippen molar-refractivity contribution in [3.63, 3.8) is 0 Å². The van der Waals surface area contributed by atoms with Crippen molar-refractivity contribution in [2.24, 2.45) is 0 Å². The first kappa shape index (κ1) is 22.5. The Morgan fingerprint density at radius 1 is 1.27 bits per heavy atom. The number of hydrogen-bond donors (Lipinski definition) is 2. The molecule has 0 aliphatic heterocycles. The van der Waals surface area contributed by atoms with Crippen LogP contribution in [0.5, 0.6) is 0 Å². The van der Waals surface area contributed by atoms with E-state index < -0.39 is 5.97 Å². The third-order valence-electron chi connectivity index (χ3n) is 4.73. The SMILES string of the molecule is CCOC(=O)c1sc(NC(=O)CSc2ncccc2-c2nc3ccccc3[nH]2)c(C#N)c1C. The average Bonchev–Trinajstić information content (AvgIpc) is 3.38. The van der Waals surface area contributed by atoms with Gasteiger partial charge in [0.1, 0.15) is 26.8 Å². The molecular weight excluding hydrogens is 458 g/mol. The molecule has 0 saturated heterocycles. The Morgan fingerprint density at radius 3 is 2.85 bits per heavy atom. The van der Waals surface area contributed by atoms with E-state index in [1.165, 1.54) is 11.8 Å². The number of nitrogens with zero attached hydrogens (tertiary/aromatic N) is 3. The number of benzene rings is 1. The minimum absolute atomic E-state index is 0.0702. The van der Waals surface area contributed by atoms with Crippen LogP contribution in [0.1, 0.15) is 27.7 Å². The third kappa shape index (κ3) is 4.74. The van der Waals surface area contributed by atoms with Gasteiger partial charge in [0.2, 0.25) is 5.91 Å². The number of para-hydroxylation sites is 2. The molecule has 0 unspecified atom stereocenters. The van der Waals surface area contributed by atoms with Gasteiger partial charge < -0.3 is 15.0 Å². The molecule has 0 fully saturated rings. The zero-order chi connectivity index (χ0) is 23.4. The lowest BCUT2D eigenvalue weighted by Gasteiger charge is -2.06. The summed E-state index contributed by atoms with van der Waals surface area (Å²) >= 11 is 2.31. The number of hydrogen-bond acceptors (Lipinski definition) is 8. The molecule has 3 heterocycles. The Hall–Kier alpha value is -3.68. The number of nitrogens with one attached hydrogen (secondary N) is 2. The van der Waals surface area contributed by atoms with Crippen LogP contribution in [0.25, 0.3) is 22.4 Å². The number of imidazole rings is 1. The van der Waals surface area contributed by atoms with E-state index in [-0.39, 0.29) is 23.8 Å². The molecule has 0 atom stereocenters. The molecule has 0 aliphatic carbocycles. The molecule has 0 radical (unpaired) electrons. The number of carbonyl (C=O) groups is 2. The van der Waals surface area contributed by atoms with E-state index in [2.05, 4.69) is 26.3 Å². The van der Waals surface area contributed by atoms with Crippen LogP contribution in [0, 0.1) is 18.3 Å². The number of thiophene rings is 1. The summed E-state index contributed by atoms with van der Waals surface area (Å²) in [6.07, 6.45) is 1.66. The van der Waals surface area contributed by atoms with Crippen molar-refractivity contribution in [2.75, 3.05) is 17.7 Å². The highest BCUT2D eigenvalue weighted by atomic mass is 32.2. The second kappa shape index (κ2) is 9.85. The lowest BCUT2D eigenvalue weighted by atomic mass is 10.2. The summed E-state index contributed by atoms with van der Waals surface area (Å²) in [5.41, 5.74) is 3.32. The van der Waals surface area contributed by atoms with Crippen LogP contribution in [-0.4, -0.2) is 39.2 Å². The lowest BCUT2D eigenvalue weighted by Crippen LogP contribution is -2.14. The Bertz CT molecular complexity index is 1350. The highest BCUT2D eigenvalue weighted by Gasteiger charge is 2.22. The lowest BCUT2D eigenvalue weighted by molar-refractivity contribution is -0.113. The highest BCUT2D eigenvalue weighted by Crippen LogP contribution is 2.34. The first-order chi connectivity index (χ1) is 16.0. The molecule has 0 bridgehead atoms. The number of amides is 1. The number of pyridine rings is 1. The summed E-state index contributed by atoms with van der Waals surface area (Å²) in [4.78, 5) is 37.4. The fraction of sp³-hybridized carbons (Fsp3) is 0.174. The second-order valence-electron chi connectivity index (χ2n) is 6.89. The molecule has 10 heteroatoms. The summed E-state index contributed by atoms with van der Waals surface area (Å²) in [5.74, 6) is -0.0718. The molecule has 1 aromatic carbocycles. The minimum atomic E-state index is -0.504. The first-order valence-corrected chi connectivity index (χ1v) is 11.9. The predicted octanol–water partition coefficient (Wildman–Crippen LogP) is 4.77. The molecule has 3 aromatic heterocycles. The predicted molar refractivity (Wildman–Crippen MR) is 128 cm³/mol. The maximum atomic E-state index is 12.7. The van der Waals surface area contributed by atoms with Crippen LogP contribution in [0.2, 0.25) is 0 Å². The molecular formula is C23H19N5O3S2. The summed E-state index contributed by atoms with van der Waals surface area (Å²) in [7, 11) is 0. The fourth-order valence-corrected chi connectivity index (χ4v) is 5.05. The van der Waals surface area contributed by atoms with Crippen molar-refractivity contribution in [1.29, 1.82) is 5.26 Å². The van der Waals surface area contributed by atoms with E-state index in [4.69, 9.17) is 4.74 Å². The second-order valence-corrected chi connectivity index (χ2v) is 8.87. The van der Waals surface area contributed by atoms with Gasteiger partial charge in [0.25, 0.3) is 0 Å². The third-order valence-corrected chi connectivity index (χ3v) is 6.92. The summed E-state index contributed by atoms with van der Waals surface area (Å²) < 4.78 is 5.04. The first-order valence-electron chi connectivity index (χ1n) is 10.0. The number of esters is 1. The molecule has 4 rings (SSSR count). The minimum Gasteiger partial charge on any atom is -0.462 e. The van der Waals surface area contributed by atoms with Gasteiger partial charge in [-0.2, -0.15) is 5.26 Å². The quantitative estimate of drug-likeness (QED) is 0.290. The molecule has 0 saturated carbocycles. The van der Waals surface area contributed by atoms with E-state index in [0.29, 0.717) is 26.3 Å². The van der Waals surface area contributed by atoms with E-state index in [0.717, 1.165) is 27.9 Å². The van der Waals surface area contributed by atoms with Gasteiger partial charge in [0, 0.05) is 11.8 Å². The number of nitriles is 1. The van der Waals surface area contributed by atoms with E-state index in [1.54, 1.807) is 20.0 Å². The van der Waals surface area contributed by atoms with Gasteiger partial charge in [-0.25, -0.2) is 14.8 Å². The van der Waals surface area contributed by atoms with Gasteiger partial charge in [-0.3, -0.25) is 4.79 Å². The molecule has 166 valence electrons. The number of thioether (sulfide) groups is 1. The van der Waals surface area contributed by atoms with Gasteiger partial charge in [-0.1, -0.05) is 23.9 Å². The molecule has 1 amide bonds. The van der Waals surface area contributed by atoms with Crippen molar-refractivity contribution in [2.45, 2.75) is 18.9 Å². The maximum absolute atomic E-state index is 12.7. The molecule has 4 aromatic rings. The Morgan fingerprint density at radius 2 is 2.09 bits per heavy atom. The van der Waals surface area contributed by atoms with Crippen molar-refractivity contribution in [1.82, 2.24) is 15.0 Å². The Balaban J connectivity index is 1.50. The summed E-state index contributed by atoms with van der Waals surface area (Å²) in [6.45, 7) is 3.61. The topological polar surface area (TPSA) is 121 Å². The molecule has 2 N–H and O–H groups in total. The van der Waals surface area contributed by atoms with Crippen LogP contribution >= 0.6 is 23.1 Å². The van der Waals surface area contributed by atoms with Gasteiger partial charge in [0.05, 0.1) is 29.0 Å². The van der Waals surface area contributed by atoms with Crippen LogP contribution in [0.15, 0.2) is 47.6 Å². The van der Waals surface area contributed by atoms with Crippen molar-refractivity contribution >= 4 is 51.0 Å². The van der Waals surface area contributed by atoms with Crippen molar-refractivity contribution < 1.29 is 14.3 Å². The van der Waals surface area contributed by atoms with Gasteiger partial charge >= 0.3 is 5.97 Å². The van der Waals surface area contributed by atoms with E-state index in [1.807, 2.05) is 36.4 Å². The number of ether oxygens (including phenoxy) is 1. The van der Waals surface area contributed by atoms with Gasteiger partial charge in [0.15, 0.2) is 0 Å².